The fourth-order valence-corrected chi connectivity index (χ4v) is 2.16. The summed E-state index contributed by atoms with van der Waals surface area (Å²) in [6.45, 7) is 6.86. The summed E-state index contributed by atoms with van der Waals surface area (Å²) in [4.78, 5) is 45.1. The third-order valence-corrected chi connectivity index (χ3v) is 3.53. The lowest BCUT2D eigenvalue weighted by Gasteiger charge is -2.29. The van der Waals surface area contributed by atoms with Crippen LogP contribution in [0.15, 0.2) is 0 Å². The van der Waals surface area contributed by atoms with Gasteiger partial charge in [-0.1, -0.05) is 13.8 Å². The first kappa shape index (κ1) is 20.2. The number of carboxylic acid groups (broad SMARTS) is 1. The van der Waals surface area contributed by atoms with Crippen LogP contribution >= 0.6 is 11.8 Å². The van der Waals surface area contributed by atoms with Gasteiger partial charge in [0.25, 0.3) is 0 Å². The van der Waals surface area contributed by atoms with E-state index in [4.69, 9.17) is 9.84 Å². The molecule has 0 aromatic carbocycles. The van der Waals surface area contributed by atoms with E-state index >= 15 is 0 Å². The van der Waals surface area contributed by atoms with Gasteiger partial charge in [0.1, 0.15) is 6.04 Å². The lowest BCUT2D eigenvalue weighted by Crippen LogP contribution is -2.52. The monoisotopic (exact) mass is 335 g/mol. The van der Waals surface area contributed by atoms with Gasteiger partial charge in [-0.3, -0.25) is 9.59 Å². The first-order chi connectivity index (χ1) is 9.97. The molecule has 0 fully saturated rings. The summed E-state index contributed by atoms with van der Waals surface area (Å²) in [5, 5.41) is 10.6. The van der Waals surface area contributed by atoms with Crippen molar-refractivity contribution in [2.75, 3.05) is 6.79 Å². The molecule has 9 heteroatoms. The Morgan fingerprint density at radius 1 is 1.18 bits per heavy atom. The Morgan fingerprint density at radius 3 is 2.14 bits per heavy atom. The highest BCUT2D eigenvalue weighted by Crippen LogP contribution is 2.30. The summed E-state index contributed by atoms with van der Waals surface area (Å²) in [6.07, 6.45) is 0. The Hall–Kier alpha value is -1.77. The van der Waals surface area contributed by atoms with E-state index in [-0.39, 0.29) is 5.92 Å². The number of esters is 1. The Bertz CT molecular complexity index is 448. The second kappa shape index (κ2) is 8.62. The maximum atomic E-state index is 11.7. The average Bonchev–Trinajstić information content (AvgIpc) is 2.34. The van der Waals surface area contributed by atoms with Gasteiger partial charge in [-0.05, 0) is 25.6 Å². The molecule has 0 aromatic rings. The van der Waals surface area contributed by atoms with Gasteiger partial charge in [0.05, 0.1) is 10.7 Å². The van der Waals surface area contributed by atoms with Crippen molar-refractivity contribution < 1.29 is 33.8 Å². The van der Waals surface area contributed by atoms with Gasteiger partial charge in [0.2, 0.25) is 12.7 Å². The molecule has 126 valence electrons. The van der Waals surface area contributed by atoms with Gasteiger partial charge in [-0.2, -0.15) is 0 Å². The zero-order valence-electron chi connectivity index (χ0n) is 13.2. The number of nitrogens with one attached hydrogen (secondary N) is 1. The quantitative estimate of drug-likeness (QED) is 0.529. The number of carbonyl (C=O) groups is 4. The third kappa shape index (κ3) is 7.30. The largest absolute Gasteiger partial charge is 0.480 e. The van der Waals surface area contributed by atoms with E-state index in [1.54, 1.807) is 13.8 Å². The number of carboxylic acids is 1. The van der Waals surface area contributed by atoms with E-state index in [0.717, 1.165) is 0 Å². The van der Waals surface area contributed by atoms with E-state index in [0.29, 0.717) is 11.8 Å². The fraction of sp³-hybridized carbons (Fsp3) is 0.692. The number of hydrogen-bond acceptors (Lipinski definition) is 7. The van der Waals surface area contributed by atoms with Gasteiger partial charge in [0.15, 0.2) is 0 Å². The molecule has 8 nitrogen and oxygen atoms in total. The summed E-state index contributed by atoms with van der Waals surface area (Å²) >= 11 is 0.592. The molecule has 0 spiro atoms. The smallest absolute Gasteiger partial charge is 0.370 e. The van der Waals surface area contributed by atoms with Crippen LogP contribution in [0.3, 0.4) is 0 Å². The van der Waals surface area contributed by atoms with E-state index in [2.05, 4.69) is 10.1 Å². The zero-order chi connectivity index (χ0) is 17.5. The summed E-state index contributed by atoms with van der Waals surface area (Å²) in [7, 11) is 0. The van der Waals surface area contributed by atoms with Crippen LogP contribution in [-0.2, 0) is 23.9 Å². The van der Waals surface area contributed by atoms with Crippen molar-refractivity contribution in [1.29, 1.82) is 0 Å². The van der Waals surface area contributed by atoms with E-state index in [9.17, 15) is 19.2 Å². The molecule has 22 heavy (non-hydrogen) atoms. The number of carbonyl (C=O) groups excluding carboxylic acids is 3. The van der Waals surface area contributed by atoms with Crippen LogP contribution in [0, 0.1) is 5.92 Å². The Labute approximate surface area is 132 Å². The first-order valence-corrected chi connectivity index (χ1v) is 7.31. The summed E-state index contributed by atoms with van der Waals surface area (Å²) in [5.74, 6) is -2.66. The van der Waals surface area contributed by atoms with Crippen molar-refractivity contribution in [3.05, 3.63) is 0 Å². The minimum Gasteiger partial charge on any atom is -0.480 e. The minimum atomic E-state index is -1.28. The molecule has 0 bridgehead atoms. The zero-order valence-corrected chi connectivity index (χ0v) is 14.0. The van der Waals surface area contributed by atoms with Crippen molar-refractivity contribution in [1.82, 2.24) is 5.32 Å². The minimum absolute atomic E-state index is 0.348. The SMILES string of the molecule is CC(=O)NC(C(=O)O)C(C)(C)SC(=O)OCOC(=O)C(C)C. The topological polar surface area (TPSA) is 119 Å². The number of thioether (sulfide) groups is 1. The highest BCUT2D eigenvalue weighted by atomic mass is 32.2. The van der Waals surface area contributed by atoms with Crippen LogP contribution in [-0.4, -0.2) is 45.8 Å². The number of amides is 1. The number of ether oxygens (including phenoxy) is 2. The van der Waals surface area contributed by atoms with E-state index in [1.807, 2.05) is 0 Å². The predicted octanol–water partition coefficient (Wildman–Crippen LogP) is 1.38. The predicted molar refractivity (Wildman–Crippen MR) is 79.2 cm³/mol. The fourth-order valence-electron chi connectivity index (χ4n) is 1.34. The van der Waals surface area contributed by atoms with E-state index < -0.39 is 40.7 Å². The molecule has 1 amide bonds. The molecular weight excluding hydrogens is 314 g/mol. The van der Waals surface area contributed by atoms with Crippen LogP contribution < -0.4 is 5.32 Å². The summed E-state index contributed by atoms with van der Waals surface area (Å²) in [6, 6.07) is -1.28. The van der Waals surface area contributed by atoms with Gasteiger partial charge < -0.3 is 19.9 Å². The highest BCUT2D eigenvalue weighted by Gasteiger charge is 2.39. The lowest BCUT2D eigenvalue weighted by atomic mass is 10.0. The maximum absolute atomic E-state index is 11.7. The average molecular weight is 335 g/mol. The van der Waals surface area contributed by atoms with Crippen LogP contribution in [0.5, 0.6) is 0 Å². The van der Waals surface area contributed by atoms with Gasteiger partial charge in [0, 0.05) is 6.92 Å². The molecule has 0 aliphatic rings. The van der Waals surface area contributed by atoms with Crippen LogP contribution in [0.2, 0.25) is 0 Å². The molecule has 0 aliphatic carbocycles. The standard InChI is InChI=1S/C13H21NO7S/c1-7(2)11(18)20-6-21-12(19)22-13(4,5)9(10(16)17)14-8(3)15/h7,9H,6H2,1-5H3,(H,14,15)(H,16,17). The van der Waals surface area contributed by atoms with Crippen molar-refractivity contribution in [2.45, 2.75) is 45.4 Å². The van der Waals surface area contributed by atoms with Crippen LogP contribution in [0.25, 0.3) is 0 Å². The molecule has 1 unspecified atom stereocenters. The van der Waals surface area contributed by atoms with Crippen LogP contribution in [0.4, 0.5) is 4.79 Å². The van der Waals surface area contributed by atoms with Crippen molar-refractivity contribution in [3.63, 3.8) is 0 Å². The third-order valence-electron chi connectivity index (χ3n) is 2.49. The van der Waals surface area contributed by atoms with Crippen LogP contribution in [0.1, 0.15) is 34.6 Å². The number of hydrogen-bond donors (Lipinski definition) is 2. The molecule has 2 N–H and O–H groups in total. The van der Waals surface area contributed by atoms with Crippen molar-refractivity contribution >= 4 is 34.9 Å². The summed E-state index contributed by atoms with van der Waals surface area (Å²) in [5.41, 5.74) is 0. The molecule has 0 rings (SSSR count). The molecule has 0 saturated heterocycles. The highest BCUT2D eigenvalue weighted by molar-refractivity contribution is 8.14. The second-order valence-corrected chi connectivity index (χ2v) is 6.90. The Kier molecular flexibility index (Phi) is 7.93. The van der Waals surface area contributed by atoms with Crippen molar-refractivity contribution in [3.8, 4) is 0 Å². The molecular formula is C13H21NO7S. The maximum Gasteiger partial charge on any atom is 0.370 e. The molecule has 0 heterocycles. The van der Waals surface area contributed by atoms with E-state index in [1.165, 1.54) is 20.8 Å². The molecule has 0 saturated carbocycles. The van der Waals surface area contributed by atoms with Crippen molar-refractivity contribution in [2.24, 2.45) is 5.92 Å². The Morgan fingerprint density at radius 2 is 1.73 bits per heavy atom. The van der Waals surface area contributed by atoms with Gasteiger partial charge in [-0.15, -0.1) is 0 Å². The van der Waals surface area contributed by atoms with Gasteiger partial charge >= 0.3 is 17.2 Å². The lowest BCUT2D eigenvalue weighted by molar-refractivity contribution is -0.155. The normalized spacial score (nSPS) is 12.5. The number of aliphatic carboxylic acids is 1. The Balaban J connectivity index is 4.55. The van der Waals surface area contributed by atoms with Gasteiger partial charge in [-0.25, -0.2) is 9.59 Å². The molecule has 0 aromatic heterocycles. The molecule has 0 aliphatic heterocycles. The number of rotatable bonds is 7. The summed E-state index contributed by atoms with van der Waals surface area (Å²) < 4.78 is 8.23. The molecule has 0 radical (unpaired) electrons. The second-order valence-electron chi connectivity index (χ2n) is 5.31. The first-order valence-electron chi connectivity index (χ1n) is 6.49. The molecule has 1 atom stereocenters.